The van der Waals surface area contributed by atoms with Crippen molar-refractivity contribution in [3.05, 3.63) is 40.6 Å². The third kappa shape index (κ3) is 3.86. The molecule has 0 unspecified atom stereocenters. The van der Waals surface area contributed by atoms with E-state index in [1.165, 1.54) is 10.5 Å². The third-order valence-corrected chi connectivity index (χ3v) is 3.97. The van der Waals surface area contributed by atoms with Crippen LogP contribution in [0.4, 0.5) is 0 Å². The highest BCUT2D eigenvalue weighted by Gasteiger charge is 2.06. The lowest BCUT2D eigenvalue weighted by molar-refractivity contribution is 0.669. The van der Waals surface area contributed by atoms with E-state index in [1.54, 1.807) is 18.0 Å². The van der Waals surface area contributed by atoms with Gasteiger partial charge in [-0.05, 0) is 36.7 Å². The molecule has 96 valence electrons. The van der Waals surface area contributed by atoms with E-state index in [2.05, 4.69) is 56.3 Å². The van der Waals surface area contributed by atoms with E-state index in [0.29, 0.717) is 0 Å². The predicted molar refractivity (Wildman–Crippen MR) is 78.9 cm³/mol. The fourth-order valence-corrected chi connectivity index (χ4v) is 2.85. The van der Waals surface area contributed by atoms with Crippen LogP contribution in [-0.4, -0.2) is 16.5 Å². The molecule has 0 bridgehead atoms. The Kier molecular flexibility index (Phi) is 5.28. The molecule has 0 radical (unpaired) electrons. The molecule has 1 aromatic heterocycles. The Balaban J connectivity index is 2.12. The summed E-state index contributed by atoms with van der Waals surface area (Å²) in [5, 5.41) is 4.36. The maximum Gasteiger partial charge on any atom is 0.170 e. The quantitative estimate of drug-likeness (QED) is 0.793. The average molecular weight is 326 g/mol. The van der Waals surface area contributed by atoms with Crippen LogP contribution in [-0.2, 0) is 6.54 Å². The summed E-state index contributed by atoms with van der Waals surface area (Å²) in [5.41, 5.74) is 1.29. The van der Waals surface area contributed by atoms with Crippen molar-refractivity contribution in [2.24, 2.45) is 0 Å². The molecule has 0 saturated heterocycles. The minimum Gasteiger partial charge on any atom is -0.339 e. The lowest BCUT2D eigenvalue weighted by Gasteiger charge is -2.09. The van der Waals surface area contributed by atoms with Gasteiger partial charge in [0.2, 0.25) is 0 Å². The van der Waals surface area contributed by atoms with E-state index in [4.69, 9.17) is 0 Å². The van der Waals surface area contributed by atoms with Crippen LogP contribution in [0.5, 0.6) is 0 Å². The molecule has 0 saturated carbocycles. The molecule has 1 aromatic carbocycles. The van der Waals surface area contributed by atoms with E-state index < -0.39 is 0 Å². The molecular formula is C13H16BrN3S. The Hall–Kier alpha value is -0.780. The van der Waals surface area contributed by atoms with Crippen LogP contribution in [0, 0.1) is 0 Å². The highest BCUT2D eigenvalue weighted by Crippen LogP contribution is 2.29. The first-order valence-corrected chi connectivity index (χ1v) is 7.57. The summed E-state index contributed by atoms with van der Waals surface area (Å²) >= 11 is 5.18. The summed E-state index contributed by atoms with van der Waals surface area (Å²) in [5.74, 6) is 0. The van der Waals surface area contributed by atoms with Crippen LogP contribution in [0.15, 0.2) is 45.1 Å². The number of imidazole rings is 1. The normalized spacial score (nSPS) is 10.8. The number of benzene rings is 1. The summed E-state index contributed by atoms with van der Waals surface area (Å²) in [6, 6.07) is 6.35. The molecular weight excluding hydrogens is 310 g/mol. The zero-order chi connectivity index (χ0) is 12.8. The number of nitrogens with zero attached hydrogens (tertiary/aromatic N) is 1. The average Bonchev–Trinajstić information content (AvgIpc) is 2.86. The van der Waals surface area contributed by atoms with Crippen molar-refractivity contribution in [1.29, 1.82) is 0 Å². The summed E-state index contributed by atoms with van der Waals surface area (Å²) in [4.78, 5) is 8.59. The maximum atomic E-state index is 4.25. The van der Waals surface area contributed by atoms with Gasteiger partial charge in [-0.2, -0.15) is 0 Å². The topological polar surface area (TPSA) is 40.7 Å². The summed E-state index contributed by atoms with van der Waals surface area (Å²) in [6.07, 6.45) is 4.76. The molecule has 0 fully saturated rings. The van der Waals surface area contributed by atoms with Crippen LogP contribution in [0.2, 0.25) is 0 Å². The third-order valence-electron chi connectivity index (χ3n) is 2.44. The van der Waals surface area contributed by atoms with Gasteiger partial charge in [-0.1, -0.05) is 34.6 Å². The minimum absolute atomic E-state index is 0.885. The lowest BCUT2D eigenvalue weighted by atomic mass is 10.2. The monoisotopic (exact) mass is 325 g/mol. The first-order valence-electron chi connectivity index (χ1n) is 5.96. The fourth-order valence-electron chi connectivity index (χ4n) is 1.60. The maximum absolute atomic E-state index is 4.25. The van der Waals surface area contributed by atoms with Gasteiger partial charge in [0.15, 0.2) is 5.16 Å². The molecule has 1 heterocycles. The highest BCUT2D eigenvalue weighted by molar-refractivity contribution is 9.10. The first kappa shape index (κ1) is 13.6. The first-order chi connectivity index (χ1) is 8.79. The van der Waals surface area contributed by atoms with Crippen LogP contribution >= 0.6 is 27.7 Å². The molecule has 0 amide bonds. The van der Waals surface area contributed by atoms with Gasteiger partial charge in [0.1, 0.15) is 0 Å². The van der Waals surface area contributed by atoms with E-state index in [1.807, 2.05) is 6.20 Å². The number of nitrogens with one attached hydrogen (secondary N) is 2. The van der Waals surface area contributed by atoms with E-state index >= 15 is 0 Å². The number of halogens is 1. The van der Waals surface area contributed by atoms with E-state index in [0.717, 1.165) is 29.1 Å². The molecule has 0 spiro atoms. The Labute approximate surface area is 120 Å². The molecule has 2 N–H and O–H groups in total. The van der Waals surface area contributed by atoms with Crippen molar-refractivity contribution >= 4 is 27.7 Å². The molecule has 0 aliphatic heterocycles. The SMILES string of the molecule is CCCNCc1cc(Br)ccc1Sc1ncc[nH]1. The number of hydrogen-bond acceptors (Lipinski definition) is 3. The zero-order valence-corrected chi connectivity index (χ0v) is 12.6. The number of aromatic amines is 1. The highest BCUT2D eigenvalue weighted by atomic mass is 79.9. The van der Waals surface area contributed by atoms with Crippen LogP contribution in [0.1, 0.15) is 18.9 Å². The van der Waals surface area contributed by atoms with Gasteiger partial charge in [0.05, 0.1) is 0 Å². The molecule has 2 aromatic rings. The van der Waals surface area contributed by atoms with Crippen molar-refractivity contribution in [3.8, 4) is 0 Å². The minimum atomic E-state index is 0.885. The van der Waals surface area contributed by atoms with Gasteiger partial charge in [-0.3, -0.25) is 0 Å². The van der Waals surface area contributed by atoms with Gasteiger partial charge in [0, 0.05) is 28.3 Å². The molecule has 3 nitrogen and oxygen atoms in total. The summed E-state index contributed by atoms with van der Waals surface area (Å²) < 4.78 is 1.11. The van der Waals surface area contributed by atoms with Gasteiger partial charge in [-0.15, -0.1) is 0 Å². The van der Waals surface area contributed by atoms with Crippen LogP contribution in [0.25, 0.3) is 0 Å². The second-order valence-electron chi connectivity index (χ2n) is 3.93. The Morgan fingerprint density at radius 2 is 2.33 bits per heavy atom. The number of H-pyrrole nitrogens is 1. The zero-order valence-electron chi connectivity index (χ0n) is 10.2. The molecule has 2 rings (SSSR count). The van der Waals surface area contributed by atoms with E-state index in [-0.39, 0.29) is 0 Å². The lowest BCUT2D eigenvalue weighted by Crippen LogP contribution is -2.14. The second-order valence-corrected chi connectivity index (χ2v) is 5.87. The second kappa shape index (κ2) is 6.97. The molecule has 0 aliphatic carbocycles. The van der Waals surface area contributed by atoms with Crippen LogP contribution in [0.3, 0.4) is 0 Å². The van der Waals surface area contributed by atoms with Crippen LogP contribution < -0.4 is 5.32 Å². The number of aromatic nitrogens is 2. The number of rotatable bonds is 6. The Morgan fingerprint density at radius 3 is 3.06 bits per heavy atom. The van der Waals surface area contributed by atoms with Gasteiger partial charge < -0.3 is 10.3 Å². The Bertz CT molecular complexity index is 485. The summed E-state index contributed by atoms with van der Waals surface area (Å²) in [7, 11) is 0. The van der Waals surface area contributed by atoms with Gasteiger partial charge >= 0.3 is 0 Å². The van der Waals surface area contributed by atoms with Gasteiger partial charge in [-0.25, -0.2) is 4.98 Å². The van der Waals surface area contributed by atoms with E-state index in [9.17, 15) is 0 Å². The largest absolute Gasteiger partial charge is 0.339 e. The Morgan fingerprint density at radius 1 is 1.44 bits per heavy atom. The van der Waals surface area contributed by atoms with Crippen molar-refractivity contribution in [2.45, 2.75) is 29.9 Å². The molecule has 5 heteroatoms. The molecule has 0 aliphatic rings. The van der Waals surface area contributed by atoms with Crippen molar-refractivity contribution in [1.82, 2.24) is 15.3 Å². The molecule has 0 atom stereocenters. The summed E-state index contributed by atoms with van der Waals surface area (Å²) in [6.45, 7) is 4.10. The van der Waals surface area contributed by atoms with Crippen molar-refractivity contribution < 1.29 is 0 Å². The molecule has 18 heavy (non-hydrogen) atoms. The smallest absolute Gasteiger partial charge is 0.170 e. The van der Waals surface area contributed by atoms with Crippen molar-refractivity contribution in [3.63, 3.8) is 0 Å². The standard InChI is InChI=1S/C13H16BrN3S/c1-2-5-15-9-10-8-11(14)3-4-12(10)18-13-16-6-7-17-13/h3-4,6-8,15H,2,5,9H2,1H3,(H,16,17). The van der Waals surface area contributed by atoms with Crippen molar-refractivity contribution in [2.75, 3.05) is 6.54 Å². The predicted octanol–water partition coefficient (Wildman–Crippen LogP) is 3.82. The van der Waals surface area contributed by atoms with Gasteiger partial charge in [0.25, 0.3) is 0 Å². The fraction of sp³-hybridized carbons (Fsp3) is 0.308. The number of hydrogen-bond donors (Lipinski definition) is 2.